The minimum Gasteiger partial charge on any atom is -0.495 e. The lowest BCUT2D eigenvalue weighted by molar-refractivity contribution is 0.102. The van der Waals surface area contributed by atoms with Crippen LogP contribution in [0.4, 0.5) is 22.7 Å². The van der Waals surface area contributed by atoms with Crippen molar-refractivity contribution in [3.8, 4) is 5.75 Å². The van der Waals surface area contributed by atoms with Crippen LogP contribution >= 0.6 is 11.6 Å². The van der Waals surface area contributed by atoms with Crippen LogP contribution in [-0.4, -0.2) is 49.5 Å². The summed E-state index contributed by atoms with van der Waals surface area (Å²) >= 11 is 6.32. The van der Waals surface area contributed by atoms with E-state index in [1.165, 1.54) is 43.5 Å². The SMILES string of the molecule is C=CCN(c1ccccc1Cl)S(=O)(=O)c1cccc(C(=O)Nc2ccc(N3CCCCC3)c(S(=O)(=O)Nc3ccccc3OC)c2)c1. The molecule has 0 radical (unpaired) electrons. The maximum atomic E-state index is 13.9. The highest BCUT2D eigenvalue weighted by Crippen LogP contribution is 2.34. The zero-order valence-electron chi connectivity index (χ0n) is 25.7. The standard InChI is InChI=1S/C34H35ClN4O6S2/c1-3-20-39(30-16-7-5-14-28(30)35)47(43,44)27-13-11-12-25(23-27)34(40)36-26-18-19-31(38-21-9-4-10-22-38)33(24-26)46(41,42)37-29-15-6-8-17-32(29)45-2/h3,5-8,11-19,23-24,37H,1,4,9-10,20-22H2,2H3,(H,36,40). The summed E-state index contributed by atoms with van der Waals surface area (Å²) in [4.78, 5) is 15.4. The van der Waals surface area contributed by atoms with Crippen molar-refractivity contribution in [2.24, 2.45) is 0 Å². The van der Waals surface area contributed by atoms with Crippen LogP contribution in [0.1, 0.15) is 29.6 Å². The van der Waals surface area contributed by atoms with Crippen molar-refractivity contribution in [2.75, 3.05) is 46.0 Å². The average Bonchev–Trinajstić information content (AvgIpc) is 3.08. The topological polar surface area (TPSA) is 125 Å². The van der Waals surface area contributed by atoms with Crippen molar-refractivity contribution in [3.05, 3.63) is 114 Å². The van der Waals surface area contributed by atoms with E-state index in [2.05, 4.69) is 16.6 Å². The van der Waals surface area contributed by atoms with Crippen LogP contribution in [0.2, 0.25) is 5.02 Å². The summed E-state index contributed by atoms with van der Waals surface area (Å²) in [5.41, 5.74) is 1.33. The van der Waals surface area contributed by atoms with Crippen molar-refractivity contribution < 1.29 is 26.4 Å². The molecule has 1 heterocycles. The van der Waals surface area contributed by atoms with Gasteiger partial charge in [0.2, 0.25) is 0 Å². The van der Waals surface area contributed by atoms with E-state index in [9.17, 15) is 21.6 Å². The Morgan fingerprint density at radius 3 is 2.38 bits per heavy atom. The van der Waals surface area contributed by atoms with Crippen LogP contribution < -0.4 is 24.0 Å². The Bertz CT molecular complexity index is 2000. The fourth-order valence-corrected chi connectivity index (χ4v) is 8.47. The molecular weight excluding hydrogens is 660 g/mol. The van der Waals surface area contributed by atoms with Crippen LogP contribution in [0.5, 0.6) is 5.75 Å². The van der Waals surface area contributed by atoms with Gasteiger partial charge in [-0.25, -0.2) is 16.8 Å². The first-order valence-corrected chi connectivity index (χ1v) is 18.2. The number of rotatable bonds is 12. The summed E-state index contributed by atoms with van der Waals surface area (Å²) in [6.45, 7) is 5.02. The number of piperidine rings is 1. The van der Waals surface area contributed by atoms with Gasteiger partial charge < -0.3 is 15.0 Å². The molecular formula is C34H35ClN4O6S2. The van der Waals surface area contributed by atoms with E-state index >= 15 is 0 Å². The highest BCUT2D eigenvalue weighted by molar-refractivity contribution is 7.93. The van der Waals surface area contributed by atoms with Crippen LogP contribution in [0.15, 0.2) is 113 Å². The Labute approximate surface area is 280 Å². The first kappa shape index (κ1) is 33.8. The van der Waals surface area contributed by atoms with Gasteiger partial charge in [-0.15, -0.1) is 6.58 Å². The summed E-state index contributed by atoms with van der Waals surface area (Å²) in [5, 5.41) is 2.98. The van der Waals surface area contributed by atoms with E-state index in [4.69, 9.17) is 16.3 Å². The van der Waals surface area contributed by atoms with E-state index in [0.717, 1.165) is 23.6 Å². The number of anilines is 4. The van der Waals surface area contributed by atoms with Gasteiger partial charge in [0, 0.05) is 24.3 Å². The average molecular weight is 695 g/mol. The number of hydrogen-bond donors (Lipinski definition) is 2. The Hall–Kier alpha value is -4.52. The molecule has 4 aromatic rings. The number of ether oxygens (including phenoxy) is 1. The molecule has 0 aliphatic carbocycles. The van der Waals surface area contributed by atoms with Gasteiger partial charge in [-0.2, -0.15) is 0 Å². The first-order valence-electron chi connectivity index (χ1n) is 14.9. The largest absolute Gasteiger partial charge is 0.495 e. The molecule has 13 heteroatoms. The van der Waals surface area contributed by atoms with Gasteiger partial charge in [-0.3, -0.25) is 13.8 Å². The fraction of sp³-hybridized carbons (Fsp3) is 0.206. The van der Waals surface area contributed by atoms with Crippen molar-refractivity contribution in [3.63, 3.8) is 0 Å². The highest BCUT2D eigenvalue weighted by atomic mass is 35.5. The van der Waals surface area contributed by atoms with E-state index in [-0.39, 0.29) is 44.0 Å². The number of hydrogen-bond acceptors (Lipinski definition) is 7. The van der Waals surface area contributed by atoms with Gasteiger partial charge in [-0.1, -0.05) is 48.0 Å². The molecule has 0 spiro atoms. The fourth-order valence-electron chi connectivity index (χ4n) is 5.36. The number of carbonyl (C=O) groups is 1. The minimum atomic E-state index is -4.15. The maximum absolute atomic E-state index is 13.9. The normalized spacial score (nSPS) is 13.4. The van der Waals surface area contributed by atoms with E-state index in [0.29, 0.717) is 24.5 Å². The maximum Gasteiger partial charge on any atom is 0.264 e. The smallest absolute Gasteiger partial charge is 0.264 e. The lowest BCUT2D eigenvalue weighted by Gasteiger charge is -2.30. The lowest BCUT2D eigenvalue weighted by Crippen LogP contribution is -2.31. The van der Waals surface area contributed by atoms with Gasteiger partial charge in [-0.05, 0) is 79.9 Å². The molecule has 2 N–H and O–H groups in total. The predicted molar refractivity (Wildman–Crippen MR) is 187 cm³/mol. The van der Waals surface area contributed by atoms with Gasteiger partial charge in [0.1, 0.15) is 10.6 Å². The van der Waals surface area contributed by atoms with E-state index in [1.54, 1.807) is 60.7 Å². The summed E-state index contributed by atoms with van der Waals surface area (Å²) < 4.78 is 64.3. The predicted octanol–water partition coefficient (Wildman–Crippen LogP) is 6.77. The molecule has 0 bridgehead atoms. The third-order valence-electron chi connectivity index (χ3n) is 7.66. The molecule has 0 unspecified atom stereocenters. The second kappa shape index (κ2) is 14.5. The van der Waals surface area contributed by atoms with Gasteiger partial charge >= 0.3 is 0 Å². The number of para-hydroxylation sites is 3. The van der Waals surface area contributed by atoms with E-state index in [1.807, 2.05) is 4.90 Å². The second-order valence-electron chi connectivity index (χ2n) is 10.8. The van der Waals surface area contributed by atoms with Gasteiger partial charge in [0.25, 0.3) is 26.0 Å². The molecule has 10 nitrogen and oxygen atoms in total. The molecule has 4 aromatic carbocycles. The zero-order chi connectivity index (χ0) is 33.6. The van der Waals surface area contributed by atoms with Crippen LogP contribution in [0.25, 0.3) is 0 Å². The number of methoxy groups -OCH3 is 1. The number of sulfonamides is 2. The van der Waals surface area contributed by atoms with Crippen molar-refractivity contribution >= 4 is 60.3 Å². The number of benzene rings is 4. The number of amides is 1. The summed E-state index contributed by atoms with van der Waals surface area (Å²) in [6.07, 6.45) is 4.36. The molecule has 1 aliphatic rings. The Morgan fingerprint density at radius 2 is 1.66 bits per heavy atom. The molecule has 5 rings (SSSR count). The zero-order valence-corrected chi connectivity index (χ0v) is 28.1. The molecule has 0 saturated carbocycles. The van der Waals surface area contributed by atoms with Crippen molar-refractivity contribution in [1.29, 1.82) is 0 Å². The summed E-state index contributed by atoms with van der Waals surface area (Å²) in [6, 6.07) is 23.5. The number of carbonyl (C=O) groups excluding carboxylic acids is 1. The third-order valence-corrected chi connectivity index (χ3v) is 11.1. The summed E-state index contributed by atoms with van der Waals surface area (Å²) in [5.74, 6) is -0.266. The Morgan fingerprint density at radius 1 is 0.936 bits per heavy atom. The molecule has 0 atom stereocenters. The summed E-state index contributed by atoms with van der Waals surface area (Å²) in [7, 11) is -6.84. The monoisotopic (exact) mass is 694 g/mol. The van der Waals surface area contributed by atoms with Crippen LogP contribution in [-0.2, 0) is 20.0 Å². The van der Waals surface area contributed by atoms with Crippen molar-refractivity contribution in [1.82, 2.24) is 0 Å². The van der Waals surface area contributed by atoms with Crippen LogP contribution in [0.3, 0.4) is 0 Å². The highest BCUT2D eigenvalue weighted by Gasteiger charge is 2.28. The molecule has 1 saturated heterocycles. The quantitative estimate of drug-likeness (QED) is 0.157. The molecule has 1 amide bonds. The lowest BCUT2D eigenvalue weighted by atomic mass is 10.1. The number of nitrogens with one attached hydrogen (secondary N) is 2. The number of halogens is 1. The Balaban J connectivity index is 1.47. The van der Waals surface area contributed by atoms with E-state index < -0.39 is 26.0 Å². The molecule has 0 aromatic heterocycles. The van der Waals surface area contributed by atoms with Gasteiger partial charge in [0.15, 0.2) is 0 Å². The molecule has 1 fully saturated rings. The van der Waals surface area contributed by atoms with Gasteiger partial charge in [0.05, 0.1) is 40.6 Å². The Kier molecular flexibility index (Phi) is 10.4. The second-order valence-corrected chi connectivity index (χ2v) is 14.7. The molecule has 246 valence electrons. The minimum absolute atomic E-state index is 0.0146. The van der Waals surface area contributed by atoms with Crippen LogP contribution in [0, 0.1) is 0 Å². The number of nitrogens with zero attached hydrogens (tertiary/aromatic N) is 2. The first-order chi connectivity index (χ1) is 22.5. The van der Waals surface area contributed by atoms with Crippen molar-refractivity contribution in [2.45, 2.75) is 29.1 Å². The molecule has 47 heavy (non-hydrogen) atoms. The molecule has 1 aliphatic heterocycles. The third kappa shape index (κ3) is 7.56.